The number of ether oxygens (including phenoxy) is 1. The predicted octanol–water partition coefficient (Wildman–Crippen LogP) is 2.30. The van der Waals surface area contributed by atoms with Gasteiger partial charge in [0.25, 0.3) is 5.91 Å². The summed E-state index contributed by atoms with van der Waals surface area (Å²) in [6.07, 6.45) is 1.45. The van der Waals surface area contributed by atoms with Crippen LogP contribution in [0, 0.1) is 6.92 Å². The number of carbonyl (C=O) groups excluding carboxylic acids is 2. The highest BCUT2D eigenvalue weighted by atomic mass is 35.5. The highest BCUT2D eigenvalue weighted by Gasteiger charge is 2.14. The highest BCUT2D eigenvalue weighted by molar-refractivity contribution is 7.13. The van der Waals surface area contributed by atoms with E-state index in [2.05, 4.69) is 15.3 Å². The number of nitrogens with one attached hydrogen (secondary N) is 1. The largest absolute Gasteiger partial charge is 0.452 e. The minimum absolute atomic E-state index is 0.0356. The Kier molecular flexibility index (Phi) is 4.65. The molecule has 0 atom stereocenters. The lowest BCUT2D eigenvalue weighted by atomic mass is 10.3. The number of nitrogens with zero attached hydrogens (tertiary/aromatic N) is 2. The minimum atomic E-state index is -0.700. The maximum atomic E-state index is 11.7. The fourth-order valence-corrected chi connectivity index (χ4v) is 2.21. The number of rotatable bonds is 4. The molecule has 0 aliphatic rings. The van der Waals surface area contributed by atoms with Gasteiger partial charge in [0.2, 0.25) is 0 Å². The maximum Gasteiger partial charge on any atom is 0.341 e. The van der Waals surface area contributed by atoms with Crippen molar-refractivity contribution in [2.75, 3.05) is 11.9 Å². The van der Waals surface area contributed by atoms with Crippen molar-refractivity contribution in [3.63, 3.8) is 0 Å². The van der Waals surface area contributed by atoms with E-state index in [-0.39, 0.29) is 10.7 Å². The smallest absolute Gasteiger partial charge is 0.341 e. The van der Waals surface area contributed by atoms with Gasteiger partial charge in [-0.1, -0.05) is 11.6 Å². The molecule has 0 unspecified atom stereocenters. The van der Waals surface area contributed by atoms with E-state index in [4.69, 9.17) is 16.3 Å². The summed E-state index contributed by atoms with van der Waals surface area (Å²) in [5.41, 5.74) is 0.927. The van der Waals surface area contributed by atoms with E-state index in [0.29, 0.717) is 5.13 Å². The maximum absolute atomic E-state index is 11.7. The van der Waals surface area contributed by atoms with Crippen LogP contribution in [-0.4, -0.2) is 28.5 Å². The van der Waals surface area contributed by atoms with Gasteiger partial charge >= 0.3 is 5.97 Å². The number of pyridine rings is 1. The van der Waals surface area contributed by atoms with Gasteiger partial charge in [-0.15, -0.1) is 11.3 Å². The molecule has 0 aliphatic heterocycles. The highest BCUT2D eigenvalue weighted by Crippen LogP contribution is 2.15. The lowest BCUT2D eigenvalue weighted by Crippen LogP contribution is -2.21. The molecule has 2 heterocycles. The quantitative estimate of drug-likeness (QED) is 0.692. The molecule has 0 saturated heterocycles. The van der Waals surface area contributed by atoms with Crippen LogP contribution in [0.25, 0.3) is 0 Å². The van der Waals surface area contributed by atoms with Gasteiger partial charge in [0.05, 0.1) is 11.3 Å². The van der Waals surface area contributed by atoms with E-state index in [1.54, 1.807) is 11.4 Å². The first-order valence-electron chi connectivity index (χ1n) is 5.56. The number of hydrogen-bond acceptors (Lipinski definition) is 6. The zero-order valence-corrected chi connectivity index (χ0v) is 12.0. The molecule has 20 heavy (non-hydrogen) atoms. The number of esters is 1. The molecule has 0 spiro atoms. The zero-order valence-electron chi connectivity index (χ0n) is 10.4. The lowest BCUT2D eigenvalue weighted by molar-refractivity contribution is -0.119. The summed E-state index contributed by atoms with van der Waals surface area (Å²) >= 11 is 7.04. The molecule has 2 rings (SSSR count). The van der Waals surface area contributed by atoms with Crippen molar-refractivity contribution >= 4 is 39.9 Å². The van der Waals surface area contributed by atoms with Crippen LogP contribution < -0.4 is 5.32 Å². The topological polar surface area (TPSA) is 81.2 Å². The number of amides is 1. The van der Waals surface area contributed by atoms with Crippen molar-refractivity contribution in [1.29, 1.82) is 0 Å². The Hall–Kier alpha value is -1.99. The fourth-order valence-electron chi connectivity index (χ4n) is 1.31. The van der Waals surface area contributed by atoms with Gasteiger partial charge in [0.1, 0.15) is 5.15 Å². The van der Waals surface area contributed by atoms with Crippen molar-refractivity contribution in [1.82, 2.24) is 9.97 Å². The number of aryl methyl sites for hydroxylation is 1. The molecule has 2 aromatic heterocycles. The van der Waals surface area contributed by atoms with Crippen molar-refractivity contribution in [2.45, 2.75) is 6.92 Å². The van der Waals surface area contributed by atoms with Crippen LogP contribution in [-0.2, 0) is 9.53 Å². The first-order chi connectivity index (χ1) is 9.56. The second-order valence-corrected chi connectivity index (χ2v) is 4.98. The third-order valence-electron chi connectivity index (χ3n) is 2.18. The Morgan fingerprint density at radius 2 is 2.30 bits per heavy atom. The van der Waals surface area contributed by atoms with E-state index in [1.807, 2.05) is 6.92 Å². The van der Waals surface area contributed by atoms with E-state index >= 15 is 0 Å². The summed E-state index contributed by atoms with van der Waals surface area (Å²) in [5.74, 6) is -1.17. The van der Waals surface area contributed by atoms with Crippen LogP contribution in [0.1, 0.15) is 16.1 Å². The van der Waals surface area contributed by atoms with Gasteiger partial charge in [0, 0.05) is 11.6 Å². The average molecular weight is 312 g/mol. The van der Waals surface area contributed by atoms with Crippen molar-refractivity contribution in [3.8, 4) is 0 Å². The van der Waals surface area contributed by atoms with Gasteiger partial charge in [-0.3, -0.25) is 10.1 Å². The molecule has 0 aromatic carbocycles. The van der Waals surface area contributed by atoms with Crippen molar-refractivity contribution < 1.29 is 14.3 Å². The number of hydrogen-bond donors (Lipinski definition) is 1. The normalized spacial score (nSPS) is 10.1. The summed E-state index contributed by atoms with van der Waals surface area (Å²) in [7, 11) is 0. The molecule has 1 N–H and O–H groups in total. The molecule has 6 nitrogen and oxygen atoms in total. The molecule has 0 aliphatic carbocycles. The first kappa shape index (κ1) is 14.4. The summed E-state index contributed by atoms with van der Waals surface area (Å²) in [6.45, 7) is 1.40. The Morgan fingerprint density at radius 1 is 1.50 bits per heavy atom. The number of halogens is 1. The van der Waals surface area contributed by atoms with Crippen molar-refractivity contribution in [2.24, 2.45) is 0 Å². The van der Waals surface area contributed by atoms with Crippen LogP contribution in [0.15, 0.2) is 23.7 Å². The molecular weight excluding hydrogens is 302 g/mol. The molecule has 0 saturated carbocycles. The summed E-state index contributed by atoms with van der Waals surface area (Å²) < 4.78 is 4.85. The van der Waals surface area contributed by atoms with Gasteiger partial charge in [-0.05, 0) is 19.1 Å². The molecule has 104 valence electrons. The first-order valence-corrected chi connectivity index (χ1v) is 6.81. The standard InChI is InChI=1S/C12H10ClN3O3S/c1-7-6-20-12(15-7)16-9(17)5-19-11(18)8-3-2-4-14-10(8)13/h2-4,6H,5H2,1H3,(H,15,16,17). The van der Waals surface area contributed by atoms with Gasteiger partial charge in [0.15, 0.2) is 11.7 Å². The predicted molar refractivity (Wildman–Crippen MR) is 75.0 cm³/mol. The molecule has 0 bridgehead atoms. The lowest BCUT2D eigenvalue weighted by Gasteiger charge is -2.05. The average Bonchev–Trinajstić information content (AvgIpc) is 2.82. The Labute approximate surface area is 123 Å². The Morgan fingerprint density at radius 3 is 2.95 bits per heavy atom. The van der Waals surface area contributed by atoms with Gasteiger partial charge < -0.3 is 4.74 Å². The van der Waals surface area contributed by atoms with E-state index < -0.39 is 18.5 Å². The minimum Gasteiger partial charge on any atom is -0.452 e. The van der Waals surface area contributed by atoms with Crippen molar-refractivity contribution in [3.05, 3.63) is 40.1 Å². The van der Waals surface area contributed by atoms with E-state index in [0.717, 1.165) is 5.69 Å². The van der Waals surface area contributed by atoms with E-state index in [1.165, 1.54) is 23.6 Å². The van der Waals surface area contributed by atoms with E-state index in [9.17, 15) is 9.59 Å². The zero-order chi connectivity index (χ0) is 14.5. The number of thiazole rings is 1. The Bertz CT molecular complexity index is 644. The third-order valence-corrected chi connectivity index (χ3v) is 3.36. The number of anilines is 1. The molecule has 0 radical (unpaired) electrons. The Balaban J connectivity index is 1.87. The summed E-state index contributed by atoms with van der Waals surface area (Å²) in [5, 5.41) is 4.83. The second kappa shape index (κ2) is 6.44. The van der Waals surface area contributed by atoms with Crippen LogP contribution in [0.3, 0.4) is 0 Å². The van der Waals surface area contributed by atoms with Crippen LogP contribution in [0.5, 0.6) is 0 Å². The molecule has 0 fully saturated rings. The van der Waals surface area contributed by atoms with Gasteiger partial charge in [-0.25, -0.2) is 14.8 Å². The molecular formula is C12H10ClN3O3S. The molecule has 2 aromatic rings. The number of aromatic nitrogens is 2. The summed E-state index contributed by atoms with van der Waals surface area (Å²) in [4.78, 5) is 31.1. The fraction of sp³-hybridized carbons (Fsp3) is 0.167. The SMILES string of the molecule is Cc1csc(NC(=O)COC(=O)c2cccnc2Cl)n1. The molecule has 8 heteroatoms. The summed E-state index contributed by atoms with van der Waals surface area (Å²) in [6, 6.07) is 3.03. The third kappa shape index (κ3) is 3.75. The van der Waals surface area contributed by atoms with Crippen LogP contribution in [0.2, 0.25) is 5.15 Å². The monoisotopic (exact) mass is 311 g/mol. The van der Waals surface area contributed by atoms with Gasteiger partial charge in [-0.2, -0.15) is 0 Å². The van der Waals surface area contributed by atoms with Crippen LogP contribution in [0.4, 0.5) is 5.13 Å². The number of carbonyl (C=O) groups is 2. The molecule has 1 amide bonds. The second-order valence-electron chi connectivity index (χ2n) is 3.76. The van der Waals surface area contributed by atoms with Crippen LogP contribution >= 0.6 is 22.9 Å².